The van der Waals surface area contributed by atoms with Crippen molar-refractivity contribution in [2.24, 2.45) is 0 Å². The monoisotopic (exact) mass is 301 g/mol. The van der Waals surface area contributed by atoms with Crippen LogP contribution in [0.15, 0.2) is 29.2 Å². The van der Waals surface area contributed by atoms with Gasteiger partial charge in [-0.1, -0.05) is 11.6 Å². The van der Waals surface area contributed by atoms with Crippen molar-refractivity contribution >= 4 is 29.3 Å². The van der Waals surface area contributed by atoms with Crippen LogP contribution in [0.1, 0.15) is 0 Å². The molecule has 1 heterocycles. The van der Waals surface area contributed by atoms with E-state index in [4.69, 9.17) is 21.4 Å². The van der Waals surface area contributed by atoms with Crippen LogP contribution in [0.2, 0.25) is 5.02 Å². The first-order valence-electron chi connectivity index (χ1n) is 6.07. The average molecular weight is 302 g/mol. The summed E-state index contributed by atoms with van der Waals surface area (Å²) < 4.78 is 5.32. The van der Waals surface area contributed by atoms with E-state index in [0.29, 0.717) is 30.5 Å². The van der Waals surface area contributed by atoms with Crippen LogP contribution in [0.4, 0.5) is 0 Å². The van der Waals surface area contributed by atoms with E-state index in [1.165, 1.54) is 11.8 Å². The summed E-state index contributed by atoms with van der Waals surface area (Å²) in [5.41, 5.74) is 0. The maximum Gasteiger partial charge on any atom is 0.233 e. The number of thioether (sulfide) groups is 1. The zero-order chi connectivity index (χ0) is 13.7. The molecule has 1 aromatic rings. The van der Waals surface area contributed by atoms with Gasteiger partial charge in [0.2, 0.25) is 5.91 Å². The maximum absolute atomic E-state index is 12.0. The zero-order valence-electron chi connectivity index (χ0n) is 10.4. The van der Waals surface area contributed by atoms with Crippen molar-refractivity contribution in [3.63, 3.8) is 0 Å². The Labute approximate surface area is 121 Å². The van der Waals surface area contributed by atoms with Gasteiger partial charge in [0.1, 0.15) is 0 Å². The van der Waals surface area contributed by atoms with Gasteiger partial charge in [0.05, 0.1) is 25.1 Å². The van der Waals surface area contributed by atoms with Crippen molar-refractivity contribution < 1.29 is 14.6 Å². The number of halogens is 1. The molecule has 1 fully saturated rings. The highest BCUT2D eigenvalue weighted by atomic mass is 35.5. The molecule has 1 atom stereocenters. The topological polar surface area (TPSA) is 49.8 Å². The van der Waals surface area contributed by atoms with Gasteiger partial charge in [0.25, 0.3) is 0 Å². The molecule has 1 aromatic carbocycles. The Morgan fingerprint density at radius 2 is 2.21 bits per heavy atom. The molecule has 1 aliphatic rings. The lowest BCUT2D eigenvalue weighted by atomic mass is 10.3. The lowest BCUT2D eigenvalue weighted by molar-refractivity contribution is -0.137. The minimum atomic E-state index is -0.252. The second-order valence-electron chi connectivity index (χ2n) is 4.26. The smallest absolute Gasteiger partial charge is 0.233 e. The molecule has 0 spiro atoms. The largest absolute Gasteiger partial charge is 0.394 e. The van der Waals surface area contributed by atoms with Gasteiger partial charge in [0, 0.05) is 23.0 Å². The van der Waals surface area contributed by atoms with E-state index in [-0.39, 0.29) is 18.6 Å². The Morgan fingerprint density at radius 3 is 2.89 bits per heavy atom. The molecule has 0 radical (unpaired) electrons. The van der Waals surface area contributed by atoms with Crippen molar-refractivity contribution in [1.29, 1.82) is 0 Å². The van der Waals surface area contributed by atoms with Gasteiger partial charge in [-0.25, -0.2) is 0 Å². The Balaban J connectivity index is 1.82. The SMILES string of the molecule is O=C(CSc1ccc(Cl)cc1)N1CCOC(CO)C1. The number of carbonyl (C=O) groups excluding carboxylic acids is 1. The summed E-state index contributed by atoms with van der Waals surface area (Å²) in [6, 6.07) is 7.42. The number of morpholine rings is 1. The van der Waals surface area contributed by atoms with Crippen molar-refractivity contribution in [3.05, 3.63) is 29.3 Å². The van der Waals surface area contributed by atoms with E-state index in [1.54, 1.807) is 4.90 Å². The Morgan fingerprint density at radius 1 is 1.47 bits per heavy atom. The summed E-state index contributed by atoms with van der Waals surface area (Å²) in [4.78, 5) is 14.8. The third kappa shape index (κ3) is 4.38. The number of rotatable bonds is 4. The van der Waals surface area contributed by atoms with Crippen molar-refractivity contribution in [2.45, 2.75) is 11.0 Å². The van der Waals surface area contributed by atoms with E-state index in [9.17, 15) is 4.79 Å². The molecule has 19 heavy (non-hydrogen) atoms. The second-order valence-corrected chi connectivity index (χ2v) is 5.74. The molecule has 1 unspecified atom stereocenters. The first kappa shape index (κ1) is 14.7. The zero-order valence-corrected chi connectivity index (χ0v) is 12.0. The molecular weight excluding hydrogens is 286 g/mol. The van der Waals surface area contributed by atoms with E-state index in [1.807, 2.05) is 24.3 Å². The normalized spacial score (nSPS) is 19.5. The maximum atomic E-state index is 12.0. The Kier molecular flexibility index (Phi) is 5.51. The number of hydrogen-bond acceptors (Lipinski definition) is 4. The lowest BCUT2D eigenvalue weighted by Gasteiger charge is -2.32. The summed E-state index contributed by atoms with van der Waals surface area (Å²) in [5, 5.41) is 9.73. The highest BCUT2D eigenvalue weighted by Crippen LogP contribution is 2.21. The number of carbonyl (C=O) groups is 1. The highest BCUT2D eigenvalue weighted by Gasteiger charge is 2.23. The molecule has 6 heteroatoms. The van der Waals surface area contributed by atoms with E-state index in [0.717, 1.165) is 4.90 Å². The summed E-state index contributed by atoms with van der Waals surface area (Å²) in [6.45, 7) is 1.50. The summed E-state index contributed by atoms with van der Waals surface area (Å²) in [7, 11) is 0. The summed E-state index contributed by atoms with van der Waals surface area (Å²) >= 11 is 7.29. The van der Waals surface area contributed by atoms with Crippen LogP contribution in [0.5, 0.6) is 0 Å². The third-order valence-corrected chi connectivity index (χ3v) is 4.12. The molecule has 0 aromatic heterocycles. The molecule has 4 nitrogen and oxygen atoms in total. The van der Waals surface area contributed by atoms with Crippen LogP contribution in [-0.4, -0.2) is 54.1 Å². The van der Waals surface area contributed by atoms with Gasteiger partial charge in [-0.3, -0.25) is 4.79 Å². The van der Waals surface area contributed by atoms with E-state index >= 15 is 0 Å². The van der Waals surface area contributed by atoms with Crippen molar-refractivity contribution in [3.8, 4) is 0 Å². The minimum Gasteiger partial charge on any atom is -0.394 e. The van der Waals surface area contributed by atoms with Crippen molar-refractivity contribution in [2.75, 3.05) is 32.1 Å². The number of aliphatic hydroxyl groups is 1. The predicted molar refractivity (Wildman–Crippen MR) is 75.6 cm³/mol. The number of nitrogens with zero attached hydrogens (tertiary/aromatic N) is 1. The first-order chi connectivity index (χ1) is 9.19. The number of aliphatic hydroxyl groups excluding tert-OH is 1. The quantitative estimate of drug-likeness (QED) is 0.859. The van der Waals surface area contributed by atoms with Crippen LogP contribution < -0.4 is 0 Å². The van der Waals surface area contributed by atoms with Gasteiger partial charge in [-0.15, -0.1) is 11.8 Å². The Hall–Kier alpha value is -0.750. The second kappa shape index (κ2) is 7.14. The highest BCUT2D eigenvalue weighted by molar-refractivity contribution is 8.00. The van der Waals surface area contributed by atoms with E-state index < -0.39 is 0 Å². The predicted octanol–water partition coefficient (Wildman–Crippen LogP) is 1.65. The number of benzene rings is 1. The van der Waals surface area contributed by atoms with Gasteiger partial charge in [-0.05, 0) is 24.3 Å². The van der Waals surface area contributed by atoms with Crippen molar-refractivity contribution in [1.82, 2.24) is 4.90 Å². The fourth-order valence-electron chi connectivity index (χ4n) is 1.82. The van der Waals surface area contributed by atoms with Gasteiger partial charge >= 0.3 is 0 Å². The van der Waals surface area contributed by atoms with Gasteiger partial charge in [0.15, 0.2) is 0 Å². The molecule has 0 bridgehead atoms. The number of ether oxygens (including phenoxy) is 1. The molecule has 1 N–H and O–H groups in total. The Bertz CT molecular complexity index is 426. The molecule has 2 rings (SSSR count). The fraction of sp³-hybridized carbons (Fsp3) is 0.462. The van der Waals surface area contributed by atoms with Crippen LogP contribution in [0.25, 0.3) is 0 Å². The molecule has 0 saturated carbocycles. The minimum absolute atomic E-state index is 0.0475. The van der Waals surface area contributed by atoms with Crippen LogP contribution in [0.3, 0.4) is 0 Å². The van der Waals surface area contributed by atoms with Gasteiger partial charge < -0.3 is 14.7 Å². The first-order valence-corrected chi connectivity index (χ1v) is 7.44. The molecule has 1 aliphatic heterocycles. The molecule has 1 amide bonds. The number of amides is 1. The lowest BCUT2D eigenvalue weighted by Crippen LogP contribution is -2.47. The van der Waals surface area contributed by atoms with Crippen LogP contribution in [-0.2, 0) is 9.53 Å². The van der Waals surface area contributed by atoms with Crippen LogP contribution in [0, 0.1) is 0 Å². The number of hydrogen-bond donors (Lipinski definition) is 1. The third-order valence-electron chi connectivity index (χ3n) is 2.87. The average Bonchev–Trinajstić information content (AvgIpc) is 2.46. The summed E-state index contributed by atoms with van der Waals surface area (Å²) in [5.74, 6) is 0.460. The standard InChI is InChI=1S/C13H16ClNO3S/c14-10-1-3-12(4-2-10)19-9-13(17)15-5-6-18-11(7-15)8-16/h1-4,11,16H,5-9H2. The van der Waals surface area contributed by atoms with Crippen LogP contribution >= 0.6 is 23.4 Å². The molecule has 104 valence electrons. The molecule has 1 saturated heterocycles. The fourth-order valence-corrected chi connectivity index (χ4v) is 2.75. The van der Waals surface area contributed by atoms with E-state index in [2.05, 4.69) is 0 Å². The summed E-state index contributed by atoms with van der Waals surface area (Å²) in [6.07, 6.45) is -0.252. The molecule has 0 aliphatic carbocycles. The van der Waals surface area contributed by atoms with Gasteiger partial charge in [-0.2, -0.15) is 0 Å². The molecular formula is C13H16ClNO3S.